The highest BCUT2D eigenvalue weighted by molar-refractivity contribution is 4.98. The zero-order valence-corrected chi connectivity index (χ0v) is 15.6. The quantitative estimate of drug-likeness (QED) is 0.491. The van der Waals surface area contributed by atoms with E-state index in [1.54, 1.807) is 0 Å². The van der Waals surface area contributed by atoms with Crippen LogP contribution in [0.1, 0.15) is 78.1 Å². The monoisotopic (exact) mass is 338 g/mol. The average Bonchev–Trinajstić information content (AvgIpc) is 2.60. The number of halogens is 2. The minimum Gasteiger partial charge on any atom is -0.244 e. The maximum absolute atomic E-state index is 14.4. The zero-order valence-electron chi connectivity index (χ0n) is 15.6. The Kier molecular flexibility index (Phi) is 6.38. The molecule has 0 spiro atoms. The maximum atomic E-state index is 14.4. The van der Waals surface area contributed by atoms with E-state index in [0.717, 1.165) is 37.5 Å². The molecule has 0 aliphatic heterocycles. The summed E-state index contributed by atoms with van der Waals surface area (Å²) >= 11 is 0. The normalized spacial score (nSPS) is 47.8. The molecule has 24 heavy (non-hydrogen) atoms. The summed E-state index contributed by atoms with van der Waals surface area (Å²) in [6.45, 7) is 4.23. The molecule has 0 aromatic heterocycles. The minimum absolute atomic E-state index is 0.0130. The Morgan fingerprint density at radius 2 is 1.17 bits per heavy atom. The third-order valence-corrected chi connectivity index (χ3v) is 7.35. The average molecular weight is 339 g/mol. The van der Waals surface area contributed by atoms with Gasteiger partial charge in [0.2, 0.25) is 0 Å². The summed E-state index contributed by atoms with van der Waals surface area (Å²) in [6.07, 6.45) is 14.3. The highest BCUT2D eigenvalue weighted by Gasteiger charge is 2.42. The molecular weight excluding hydrogens is 302 g/mol. The van der Waals surface area contributed by atoms with Gasteiger partial charge in [-0.2, -0.15) is 0 Å². The molecule has 0 saturated heterocycles. The third-order valence-electron chi connectivity index (χ3n) is 7.35. The summed E-state index contributed by atoms with van der Waals surface area (Å²) in [5, 5.41) is 0. The standard InChI is InChI=1S/C22H36F2/c1-15-3-6-17(7-4-15)8-9-18-10-12-19(13-11-18)20-14-5-16(2)21(23)22(20)24/h8-9,15-22H,3-7,10-14H2,1-2H3/b9-8+. The lowest BCUT2D eigenvalue weighted by Crippen LogP contribution is -2.41. The molecule has 0 aromatic carbocycles. The SMILES string of the molecule is CC1CCC(/C=C/C2CCC(C3CCC(C)C(F)C3F)CC2)CC1. The van der Waals surface area contributed by atoms with Crippen LogP contribution in [0, 0.1) is 35.5 Å². The Labute approximate surface area is 147 Å². The molecule has 3 rings (SSSR count). The molecule has 0 amide bonds. The minimum atomic E-state index is -1.23. The van der Waals surface area contributed by atoms with Gasteiger partial charge in [-0.3, -0.25) is 0 Å². The Bertz CT molecular complexity index is 402. The number of rotatable bonds is 3. The van der Waals surface area contributed by atoms with Crippen molar-refractivity contribution in [3.8, 4) is 0 Å². The first kappa shape index (κ1) is 18.4. The first-order valence-corrected chi connectivity index (χ1v) is 10.5. The van der Waals surface area contributed by atoms with Gasteiger partial charge in [-0.25, -0.2) is 8.78 Å². The molecule has 3 fully saturated rings. The van der Waals surface area contributed by atoms with E-state index in [4.69, 9.17) is 0 Å². The van der Waals surface area contributed by atoms with E-state index in [-0.39, 0.29) is 11.8 Å². The summed E-state index contributed by atoms with van der Waals surface area (Å²) in [5.41, 5.74) is 0. The van der Waals surface area contributed by atoms with Crippen LogP contribution in [0.15, 0.2) is 12.2 Å². The van der Waals surface area contributed by atoms with Crippen molar-refractivity contribution in [2.24, 2.45) is 35.5 Å². The Morgan fingerprint density at radius 3 is 1.75 bits per heavy atom. The Hall–Kier alpha value is -0.400. The van der Waals surface area contributed by atoms with Crippen LogP contribution in [0.4, 0.5) is 8.78 Å². The summed E-state index contributed by atoms with van der Waals surface area (Å²) < 4.78 is 28.4. The van der Waals surface area contributed by atoms with E-state index in [2.05, 4.69) is 19.1 Å². The van der Waals surface area contributed by atoms with Crippen molar-refractivity contribution in [3.05, 3.63) is 12.2 Å². The van der Waals surface area contributed by atoms with Gasteiger partial charge in [0, 0.05) is 0 Å². The van der Waals surface area contributed by atoms with Crippen molar-refractivity contribution in [3.63, 3.8) is 0 Å². The van der Waals surface area contributed by atoms with Gasteiger partial charge in [0.25, 0.3) is 0 Å². The first-order chi connectivity index (χ1) is 11.5. The molecule has 0 nitrogen and oxygen atoms in total. The summed E-state index contributed by atoms with van der Waals surface area (Å²) in [7, 11) is 0. The molecule has 0 N–H and O–H groups in total. The van der Waals surface area contributed by atoms with Crippen LogP contribution in [0.25, 0.3) is 0 Å². The molecule has 3 aliphatic carbocycles. The van der Waals surface area contributed by atoms with Crippen LogP contribution < -0.4 is 0 Å². The van der Waals surface area contributed by atoms with Crippen molar-refractivity contribution in [1.29, 1.82) is 0 Å². The molecule has 0 radical (unpaired) electrons. The molecule has 0 heterocycles. The molecule has 4 atom stereocenters. The second-order valence-electron chi connectivity index (χ2n) is 9.19. The predicted molar refractivity (Wildman–Crippen MR) is 97.4 cm³/mol. The van der Waals surface area contributed by atoms with Crippen LogP contribution in [0.3, 0.4) is 0 Å². The van der Waals surface area contributed by atoms with E-state index in [0.29, 0.717) is 11.8 Å². The maximum Gasteiger partial charge on any atom is 0.134 e. The van der Waals surface area contributed by atoms with Gasteiger partial charge < -0.3 is 0 Å². The number of alkyl halides is 2. The fraction of sp³-hybridized carbons (Fsp3) is 0.909. The van der Waals surface area contributed by atoms with Gasteiger partial charge >= 0.3 is 0 Å². The van der Waals surface area contributed by atoms with Gasteiger partial charge in [-0.1, -0.05) is 38.8 Å². The zero-order chi connectivity index (χ0) is 17.1. The van der Waals surface area contributed by atoms with E-state index >= 15 is 0 Å². The largest absolute Gasteiger partial charge is 0.244 e. The van der Waals surface area contributed by atoms with Crippen molar-refractivity contribution < 1.29 is 8.78 Å². The van der Waals surface area contributed by atoms with Crippen LogP contribution in [-0.4, -0.2) is 12.3 Å². The van der Waals surface area contributed by atoms with E-state index in [1.165, 1.54) is 38.5 Å². The van der Waals surface area contributed by atoms with Crippen LogP contribution >= 0.6 is 0 Å². The van der Waals surface area contributed by atoms with E-state index < -0.39 is 12.3 Å². The highest BCUT2D eigenvalue weighted by atomic mass is 19.2. The molecule has 4 unspecified atom stereocenters. The molecule has 3 saturated carbocycles. The fourth-order valence-corrected chi connectivity index (χ4v) is 5.38. The van der Waals surface area contributed by atoms with E-state index in [1.807, 2.05) is 6.92 Å². The summed E-state index contributed by atoms with van der Waals surface area (Å²) in [4.78, 5) is 0. The molecule has 138 valence electrons. The number of allylic oxidation sites excluding steroid dienone is 2. The Morgan fingerprint density at radius 1 is 0.625 bits per heavy atom. The molecular formula is C22H36F2. The van der Waals surface area contributed by atoms with Gasteiger partial charge in [0.1, 0.15) is 12.3 Å². The lowest BCUT2D eigenvalue weighted by atomic mass is 9.68. The second kappa shape index (κ2) is 8.32. The topological polar surface area (TPSA) is 0 Å². The van der Waals surface area contributed by atoms with Crippen molar-refractivity contribution >= 4 is 0 Å². The highest BCUT2D eigenvalue weighted by Crippen LogP contribution is 2.44. The number of hydrogen-bond donors (Lipinski definition) is 0. The van der Waals surface area contributed by atoms with Gasteiger partial charge in [0.15, 0.2) is 0 Å². The van der Waals surface area contributed by atoms with Gasteiger partial charge in [-0.15, -0.1) is 0 Å². The molecule has 2 heteroatoms. The predicted octanol–water partition coefficient (Wildman–Crippen LogP) is 6.90. The van der Waals surface area contributed by atoms with Crippen molar-refractivity contribution in [2.45, 2.75) is 90.4 Å². The first-order valence-electron chi connectivity index (χ1n) is 10.5. The third kappa shape index (κ3) is 4.41. The van der Waals surface area contributed by atoms with Crippen molar-refractivity contribution in [2.75, 3.05) is 0 Å². The summed E-state index contributed by atoms with van der Waals surface area (Å²) in [6, 6.07) is 0. The molecule has 3 aliphatic rings. The second-order valence-corrected chi connectivity index (χ2v) is 9.19. The van der Waals surface area contributed by atoms with Crippen LogP contribution in [0.2, 0.25) is 0 Å². The van der Waals surface area contributed by atoms with Crippen LogP contribution in [0.5, 0.6) is 0 Å². The Balaban J connectivity index is 1.44. The lowest BCUT2D eigenvalue weighted by Gasteiger charge is -2.40. The molecule has 0 aromatic rings. The smallest absolute Gasteiger partial charge is 0.134 e. The fourth-order valence-electron chi connectivity index (χ4n) is 5.38. The van der Waals surface area contributed by atoms with Gasteiger partial charge in [-0.05, 0) is 86.9 Å². The van der Waals surface area contributed by atoms with Crippen molar-refractivity contribution in [1.82, 2.24) is 0 Å². The molecule has 0 bridgehead atoms. The van der Waals surface area contributed by atoms with E-state index in [9.17, 15) is 8.78 Å². The lowest BCUT2D eigenvalue weighted by molar-refractivity contribution is -0.00498. The van der Waals surface area contributed by atoms with Crippen LogP contribution in [-0.2, 0) is 0 Å². The number of hydrogen-bond acceptors (Lipinski definition) is 0. The summed E-state index contributed by atoms with van der Waals surface area (Å²) in [5.74, 6) is 2.71. The van der Waals surface area contributed by atoms with Gasteiger partial charge in [0.05, 0.1) is 0 Å².